The van der Waals surface area contributed by atoms with Gasteiger partial charge in [-0.2, -0.15) is 0 Å². The summed E-state index contributed by atoms with van der Waals surface area (Å²) in [5.74, 6) is 0.946. The summed E-state index contributed by atoms with van der Waals surface area (Å²) in [7, 11) is 3.69. The molecular weight excluding hydrogens is 204 g/mol. The van der Waals surface area contributed by atoms with Crippen molar-refractivity contribution in [2.24, 2.45) is 7.05 Å². The molecule has 1 N–H and O–H groups in total. The van der Waals surface area contributed by atoms with Gasteiger partial charge in [-0.05, 0) is 27.2 Å². The molecule has 0 fully saturated rings. The van der Waals surface area contributed by atoms with E-state index in [1.807, 2.05) is 11.6 Å². The van der Waals surface area contributed by atoms with Crippen LogP contribution < -0.4 is 5.32 Å². The molecule has 0 spiro atoms. The zero-order valence-electron chi connectivity index (χ0n) is 10.8. The highest BCUT2D eigenvalue weighted by molar-refractivity contribution is 4.85. The summed E-state index contributed by atoms with van der Waals surface area (Å²) >= 11 is 0. The van der Waals surface area contributed by atoms with E-state index in [9.17, 15) is 0 Å². The molecule has 1 heterocycles. The zero-order chi connectivity index (χ0) is 12.2. The molecule has 0 radical (unpaired) electrons. The summed E-state index contributed by atoms with van der Waals surface area (Å²) in [6.45, 7) is 7.07. The van der Waals surface area contributed by atoms with E-state index in [2.05, 4.69) is 36.3 Å². The van der Waals surface area contributed by atoms with Crippen molar-refractivity contribution < 1.29 is 4.74 Å². The van der Waals surface area contributed by atoms with Crippen molar-refractivity contribution in [1.29, 1.82) is 0 Å². The van der Waals surface area contributed by atoms with Crippen LogP contribution in [0.4, 0.5) is 0 Å². The highest BCUT2D eigenvalue weighted by Crippen LogP contribution is 2.15. The Bertz CT molecular complexity index is 322. The molecule has 1 aromatic rings. The number of ether oxygens (including phenoxy) is 1. The van der Waals surface area contributed by atoms with Crippen molar-refractivity contribution in [3.63, 3.8) is 0 Å². The summed E-state index contributed by atoms with van der Waals surface area (Å²) in [5, 5.41) is 11.3. The lowest BCUT2D eigenvalue weighted by molar-refractivity contribution is 0.00838. The van der Waals surface area contributed by atoms with Gasteiger partial charge in [-0.15, -0.1) is 10.2 Å². The van der Waals surface area contributed by atoms with E-state index in [4.69, 9.17) is 4.74 Å². The number of aryl methyl sites for hydroxylation is 1. The molecule has 0 amide bonds. The molecule has 0 saturated heterocycles. The number of methoxy groups -OCH3 is 1. The number of aromatic nitrogens is 3. The SMILES string of the molecule is COC(C)(C)CC(C)NCc1nncn1C. The molecule has 0 aliphatic rings. The molecular formula is C11H22N4O. The van der Waals surface area contributed by atoms with E-state index in [-0.39, 0.29) is 5.60 Å². The molecule has 5 nitrogen and oxygen atoms in total. The zero-order valence-corrected chi connectivity index (χ0v) is 10.8. The van der Waals surface area contributed by atoms with Gasteiger partial charge in [0.1, 0.15) is 12.2 Å². The molecule has 16 heavy (non-hydrogen) atoms. The molecule has 0 bridgehead atoms. The van der Waals surface area contributed by atoms with Crippen LogP contribution in [0.25, 0.3) is 0 Å². The van der Waals surface area contributed by atoms with Crippen molar-refractivity contribution in [1.82, 2.24) is 20.1 Å². The highest BCUT2D eigenvalue weighted by Gasteiger charge is 2.19. The minimum absolute atomic E-state index is 0.0910. The smallest absolute Gasteiger partial charge is 0.146 e. The van der Waals surface area contributed by atoms with E-state index >= 15 is 0 Å². The minimum Gasteiger partial charge on any atom is -0.379 e. The molecule has 1 rings (SSSR count). The van der Waals surface area contributed by atoms with Crippen LogP contribution in [0.15, 0.2) is 6.33 Å². The topological polar surface area (TPSA) is 52.0 Å². The molecule has 0 saturated carbocycles. The van der Waals surface area contributed by atoms with Crippen LogP contribution in [0.5, 0.6) is 0 Å². The fraction of sp³-hybridized carbons (Fsp3) is 0.818. The standard InChI is InChI=1S/C11H22N4O/c1-9(6-11(2,3)16-5)12-7-10-14-13-8-15(10)4/h8-9,12H,6-7H2,1-5H3. The first-order valence-electron chi connectivity index (χ1n) is 5.56. The largest absolute Gasteiger partial charge is 0.379 e. The molecule has 92 valence electrons. The first-order valence-corrected chi connectivity index (χ1v) is 5.56. The Morgan fingerprint density at radius 1 is 1.56 bits per heavy atom. The molecule has 1 aromatic heterocycles. The maximum absolute atomic E-state index is 5.40. The van der Waals surface area contributed by atoms with Gasteiger partial charge in [-0.3, -0.25) is 0 Å². The second kappa shape index (κ2) is 5.41. The Labute approximate surface area is 97.2 Å². The van der Waals surface area contributed by atoms with Crippen LogP contribution in [0.1, 0.15) is 33.0 Å². The van der Waals surface area contributed by atoms with Crippen LogP contribution >= 0.6 is 0 Å². The molecule has 0 aliphatic carbocycles. The maximum atomic E-state index is 5.40. The molecule has 0 aromatic carbocycles. The number of hydrogen-bond acceptors (Lipinski definition) is 4. The lowest BCUT2D eigenvalue weighted by atomic mass is 10.00. The van der Waals surface area contributed by atoms with Crippen molar-refractivity contribution >= 4 is 0 Å². The first kappa shape index (κ1) is 13.1. The van der Waals surface area contributed by atoms with Crippen molar-refractivity contribution in [2.45, 2.75) is 45.4 Å². The quantitative estimate of drug-likeness (QED) is 0.789. The first-order chi connectivity index (χ1) is 7.44. The number of hydrogen-bond donors (Lipinski definition) is 1. The van der Waals surface area contributed by atoms with Gasteiger partial charge < -0.3 is 14.6 Å². The Kier molecular flexibility index (Phi) is 4.44. The fourth-order valence-corrected chi connectivity index (χ4v) is 1.63. The van der Waals surface area contributed by atoms with E-state index in [1.165, 1.54) is 0 Å². The molecule has 1 unspecified atom stereocenters. The molecule has 5 heteroatoms. The lowest BCUT2D eigenvalue weighted by Gasteiger charge is -2.27. The Morgan fingerprint density at radius 2 is 2.25 bits per heavy atom. The predicted molar refractivity (Wildman–Crippen MR) is 63.0 cm³/mol. The van der Waals surface area contributed by atoms with Crippen LogP contribution in [-0.2, 0) is 18.3 Å². The third-order valence-corrected chi connectivity index (χ3v) is 2.76. The summed E-state index contributed by atoms with van der Waals surface area (Å²) in [4.78, 5) is 0. The van der Waals surface area contributed by atoms with Gasteiger partial charge in [-0.1, -0.05) is 0 Å². The minimum atomic E-state index is -0.0910. The Morgan fingerprint density at radius 3 is 2.75 bits per heavy atom. The summed E-state index contributed by atoms with van der Waals surface area (Å²) < 4.78 is 7.31. The second-order valence-corrected chi connectivity index (χ2v) is 4.81. The predicted octanol–water partition coefficient (Wildman–Crippen LogP) is 1.11. The van der Waals surface area contributed by atoms with Gasteiger partial charge in [0.25, 0.3) is 0 Å². The number of nitrogens with zero attached hydrogens (tertiary/aromatic N) is 3. The highest BCUT2D eigenvalue weighted by atomic mass is 16.5. The fourth-order valence-electron chi connectivity index (χ4n) is 1.63. The van der Waals surface area contributed by atoms with Crippen molar-refractivity contribution in [3.8, 4) is 0 Å². The van der Waals surface area contributed by atoms with E-state index in [0.29, 0.717) is 6.04 Å². The Balaban J connectivity index is 2.36. The van der Waals surface area contributed by atoms with E-state index < -0.39 is 0 Å². The van der Waals surface area contributed by atoms with E-state index in [1.54, 1.807) is 13.4 Å². The van der Waals surface area contributed by atoms with Crippen LogP contribution in [0, 0.1) is 0 Å². The van der Waals surface area contributed by atoms with Crippen molar-refractivity contribution in [3.05, 3.63) is 12.2 Å². The van der Waals surface area contributed by atoms with E-state index in [0.717, 1.165) is 18.8 Å². The van der Waals surface area contributed by atoms with Gasteiger partial charge in [-0.25, -0.2) is 0 Å². The molecule has 1 atom stereocenters. The van der Waals surface area contributed by atoms with Gasteiger partial charge in [0, 0.05) is 20.2 Å². The summed E-state index contributed by atoms with van der Waals surface area (Å²) in [6, 6.07) is 0.381. The number of nitrogens with one attached hydrogen (secondary N) is 1. The van der Waals surface area contributed by atoms with Gasteiger partial charge in [0.15, 0.2) is 0 Å². The summed E-state index contributed by atoms with van der Waals surface area (Å²) in [6.07, 6.45) is 2.67. The average Bonchev–Trinajstić information content (AvgIpc) is 2.60. The van der Waals surface area contributed by atoms with Crippen LogP contribution in [0.3, 0.4) is 0 Å². The van der Waals surface area contributed by atoms with Crippen molar-refractivity contribution in [2.75, 3.05) is 7.11 Å². The molecule has 0 aliphatic heterocycles. The second-order valence-electron chi connectivity index (χ2n) is 4.81. The Hall–Kier alpha value is -0.940. The van der Waals surface area contributed by atoms with Gasteiger partial charge >= 0.3 is 0 Å². The number of rotatable bonds is 6. The third kappa shape index (κ3) is 3.90. The maximum Gasteiger partial charge on any atom is 0.146 e. The lowest BCUT2D eigenvalue weighted by Crippen LogP contribution is -2.35. The average molecular weight is 226 g/mol. The van der Waals surface area contributed by atoms with Gasteiger partial charge in [0.05, 0.1) is 12.1 Å². The van der Waals surface area contributed by atoms with Crippen LogP contribution in [0.2, 0.25) is 0 Å². The normalized spacial score (nSPS) is 14.1. The monoisotopic (exact) mass is 226 g/mol. The third-order valence-electron chi connectivity index (χ3n) is 2.76. The summed E-state index contributed by atoms with van der Waals surface area (Å²) in [5.41, 5.74) is -0.0910. The van der Waals surface area contributed by atoms with Crippen LogP contribution in [-0.4, -0.2) is 33.5 Å². The van der Waals surface area contributed by atoms with Gasteiger partial charge in [0.2, 0.25) is 0 Å².